The smallest absolute Gasteiger partial charge is 0.349 e. The summed E-state index contributed by atoms with van der Waals surface area (Å²) in [4.78, 5) is 27.8. The quantitative estimate of drug-likeness (QED) is 0.346. The maximum absolute atomic E-state index is 13.2. The van der Waals surface area contributed by atoms with Crippen LogP contribution < -0.4 is 25.3 Å². The number of methoxy groups -OCH3 is 1. The van der Waals surface area contributed by atoms with Crippen LogP contribution in [0.2, 0.25) is 0 Å². The molecular formula is C27H25N3O6S. The van der Waals surface area contributed by atoms with E-state index >= 15 is 0 Å². The van der Waals surface area contributed by atoms with Crippen molar-refractivity contribution >= 4 is 44.0 Å². The fourth-order valence-corrected chi connectivity index (χ4v) is 5.38. The van der Waals surface area contributed by atoms with Crippen molar-refractivity contribution in [1.82, 2.24) is 0 Å². The van der Waals surface area contributed by atoms with E-state index in [2.05, 4.69) is 14.9 Å². The molecule has 1 amide bonds. The Morgan fingerprint density at radius 3 is 2.43 bits per heavy atom. The van der Waals surface area contributed by atoms with E-state index in [1.807, 2.05) is 0 Å². The van der Waals surface area contributed by atoms with Crippen molar-refractivity contribution < 1.29 is 22.4 Å². The Labute approximate surface area is 213 Å². The molecule has 0 unspecified atom stereocenters. The SMILES string of the molecule is COc1ccc(NS(=O)(=O)c2ccc(N3CCCC3)c(NC(=O)c3cc4ccccc4oc3=O)c2)cc1. The molecule has 0 atom stereocenters. The van der Waals surface area contributed by atoms with E-state index < -0.39 is 21.6 Å². The molecule has 1 fully saturated rings. The van der Waals surface area contributed by atoms with Gasteiger partial charge in [0.2, 0.25) is 0 Å². The molecule has 3 aromatic carbocycles. The molecule has 0 saturated carbocycles. The van der Waals surface area contributed by atoms with Gasteiger partial charge in [-0.15, -0.1) is 0 Å². The number of fused-ring (bicyclic) bond motifs is 1. The first-order valence-electron chi connectivity index (χ1n) is 11.7. The lowest BCUT2D eigenvalue weighted by Gasteiger charge is -2.22. The summed E-state index contributed by atoms with van der Waals surface area (Å²) in [6.45, 7) is 1.55. The van der Waals surface area contributed by atoms with Crippen LogP contribution in [0.1, 0.15) is 23.2 Å². The molecule has 2 N–H and O–H groups in total. The molecule has 0 aliphatic carbocycles. The van der Waals surface area contributed by atoms with Crippen molar-refractivity contribution in [3.63, 3.8) is 0 Å². The first-order valence-corrected chi connectivity index (χ1v) is 13.2. The number of amides is 1. The minimum atomic E-state index is -3.97. The van der Waals surface area contributed by atoms with E-state index in [0.29, 0.717) is 28.1 Å². The monoisotopic (exact) mass is 519 g/mol. The third-order valence-corrected chi connectivity index (χ3v) is 7.58. The first-order chi connectivity index (χ1) is 17.8. The van der Waals surface area contributed by atoms with Crippen molar-refractivity contribution in [1.29, 1.82) is 0 Å². The number of benzene rings is 3. The van der Waals surface area contributed by atoms with E-state index in [1.54, 1.807) is 54.6 Å². The molecule has 1 aromatic heterocycles. The highest BCUT2D eigenvalue weighted by molar-refractivity contribution is 7.92. The van der Waals surface area contributed by atoms with Crippen molar-refractivity contribution in [2.24, 2.45) is 0 Å². The minimum Gasteiger partial charge on any atom is -0.497 e. The van der Waals surface area contributed by atoms with E-state index in [-0.39, 0.29) is 16.1 Å². The Morgan fingerprint density at radius 1 is 0.973 bits per heavy atom. The number of rotatable bonds is 7. The molecule has 0 bridgehead atoms. The van der Waals surface area contributed by atoms with Gasteiger partial charge < -0.3 is 19.4 Å². The number of nitrogens with one attached hydrogen (secondary N) is 2. The summed E-state index contributed by atoms with van der Waals surface area (Å²) in [5, 5.41) is 3.36. The Balaban J connectivity index is 1.49. The number of anilines is 3. The summed E-state index contributed by atoms with van der Waals surface area (Å²) < 4.78 is 39.3. The summed E-state index contributed by atoms with van der Waals surface area (Å²) in [6, 6.07) is 19.4. The summed E-state index contributed by atoms with van der Waals surface area (Å²) in [7, 11) is -2.45. The molecular weight excluding hydrogens is 494 g/mol. The lowest BCUT2D eigenvalue weighted by atomic mass is 10.1. The largest absolute Gasteiger partial charge is 0.497 e. The zero-order valence-corrected chi connectivity index (χ0v) is 20.9. The van der Waals surface area contributed by atoms with Crippen molar-refractivity contribution in [2.75, 3.05) is 35.1 Å². The fourth-order valence-electron chi connectivity index (χ4n) is 4.30. The van der Waals surface area contributed by atoms with Gasteiger partial charge in [0.25, 0.3) is 15.9 Å². The standard InChI is InChI=1S/C27H25N3O6S/c1-35-20-10-8-19(9-11-20)29-37(33,34)21-12-13-24(30-14-4-5-15-30)23(17-21)28-26(31)22-16-18-6-2-3-7-25(18)36-27(22)32/h2-3,6-13,16-17,29H,4-5,14-15H2,1H3,(H,28,31). The fraction of sp³-hybridized carbons (Fsp3) is 0.185. The van der Waals surface area contributed by atoms with Crippen LogP contribution in [0.15, 0.2) is 86.9 Å². The van der Waals surface area contributed by atoms with Crippen LogP contribution >= 0.6 is 0 Å². The van der Waals surface area contributed by atoms with E-state index in [1.165, 1.54) is 25.3 Å². The number of hydrogen-bond donors (Lipinski definition) is 2. The van der Waals surface area contributed by atoms with Gasteiger partial charge in [-0.1, -0.05) is 18.2 Å². The average Bonchev–Trinajstić information content (AvgIpc) is 3.43. The first kappa shape index (κ1) is 24.4. The number of nitrogens with zero attached hydrogens (tertiary/aromatic N) is 1. The van der Waals surface area contributed by atoms with Gasteiger partial charge in [-0.05, 0) is 67.4 Å². The minimum absolute atomic E-state index is 0.0351. The summed E-state index contributed by atoms with van der Waals surface area (Å²) in [5.74, 6) is -0.0845. The van der Waals surface area contributed by atoms with Gasteiger partial charge in [0, 0.05) is 24.2 Å². The van der Waals surface area contributed by atoms with Gasteiger partial charge in [-0.2, -0.15) is 0 Å². The zero-order valence-electron chi connectivity index (χ0n) is 20.1. The van der Waals surface area contributed by atoms with Crippen molar-refractivity contribution in [3.8, 4) is 5.75 Å². The average molecular weight is 520 g/mol. The van der Waals surface area contributed by atoms with Gasteiger partial charge in [0.1, 0.15) is 16.9 Å². The predicted octanol–water partition coefficient (Wildman–Crippen LogP) is 4.45. The van der Waals surface area contributed by atoms with Crippen LogP contribution in [0.5, 0.6) is 5.75 Å². The topological polar surface area (TPSA) is 118 Å². The van der Waals surface area contributed by atoms with Crippen LogP contribution in [0, 0.1) is 0 Å². The molecule has 0 radical (unpaired) electrons. The highest BCUT2D eigenvalue weighted by Gasteiger charge is 2.23. The highest BCUT2D eigenvalue weighted by atomic mass is 32.2. The zero-order chi connectivity index (χ0) is 26.0. The molecule has 1 saturated heterocycles. The second kappa shape index (κ2) is 9.98. The van der Waals surface area contributed by atoms with Crippen molar-refractivity contribution in [3.05, 3.63) is 88.8 Å². The Morgan fingerprint density at radius 2 is 1.70 bits per heavy atom. The lowest BCUT2D eigenvalue weighted by Crippen LogP contribution is -2.24. The maximum Gasteiger partial charge on any atom is 0.349 e. The van der Waals surface area contributed by atoms with Crippen LogP contribution in [0.3, 0.4) is 0 Å². The maximum atomic E-state index is 13.2. The second-order valence-electron chi connectivity index (χ2n) is 8.65. The number of carbonyl (C=O) groups is 1. The molecule has 10 heteroatoms. The summed E-state index contributed by atoms with van der Waals surface area (Å²) in [6.07, 6.45) is 1.97. The highest BCUT2D eigenvalue weighted by Crippen LogP contribution is 2.32. The molecule has 37 heavy (non-hydrogen) atoms. The van der Waals surface area contributed by atoms with Gasteiger partial charge in [0.05, 0.1) is 23.4 Å². The van der Waals surface area contributed by atoms with Gasteiger partial charge in [-0.3, -0.25) is 9.52 Å². The van der Waals surface area contributed by atoms with Crippen LogP contribution in [-0.2, 0) is 10.0 Å². The van der Waals surface area contributed by atoms with E-state index in [0.717, 1.165) is 25.9 Å². The third-order valence-electron chi connectivity index (χ3n) is 6.20. The number of para-hydroxylation sites is 1. The second-order valence-corrected chi connectivity index (χ2v) is 10.3. The number of sulfonamides is 1. The van der Waals surface area contributed by atoms with Crippen LogP contribution in [0.4, 0.5) is 17.1 Å². The summed E-state index contributed by atoms with van der Waals surface area (Å²) >= 11 is 0. The van der Waals surface area contributed by atoms with Gasteiger partial charge in [-0.25, -0.2) is 13.2 Å². The summed E-state index contributed by atoms with van der Waals surface area (Å²) in [5.41, 5.74) is 0.763. The van der Waals surface area contributed by atoms with Crippen molar-refractivity contribution in [2.45, 2.75) is 17.7 Å². The molecule has 5 rings (SSSR count). The van der Waals surface area contributed by atoms with E-state index in [9.17, 15) is 18.0 Å². The molecule has 0 spiro atoms. The molecule has 190 valence electrons. The van der Waals surface area contributed by atoms with Crippen LogP contribution in [0.25, 0.3) is 11.0 Å². The van der Waals surface area contributed by atoms with E-state index in [4.69, 9.17) is 9.15 Å². The Bertz CT molecular complexity index is 1620. The van der Waals surface area contributed by atoms with Crippen LogP contribution in [-0.4, -0.2) is 34.5 Å². The molecule has 1 aliphatic rings. The number of hydrogen-bond acceptors (Lipinski definition) is 7. The molecule has 9 nitrogen and oxygen atoms in total. The third kappa shape index (κ3) is 5.14. The lowest BCUT2D eigenvalue weighted by molar-refractivity contribution is 0.102. The molecule has 2 heterocycles. The normalized spacial score (nSPS) is 13.5. The molecule has 1 aliphatic heterocycles. The van der Waals surface area contributed by atoms with Gasteiger partial charge in [0.15, 0.2) is 0 Å². The predicted molar refractivity (Wildman–Crippen MR) is 142 cm³/mol. The number of carbonyl (C=O) groups excluding carboxylic acids is 1. The van der Waals surface area contributed by atoms with Gasteiger partial charge >= 0.3 is 5.63 Å². The number of ether oxygens (including phenoxy) is 1. The Hall–Kier alpha value is -4.31. The Kier molecular flexibility index (Phi) is 6.58. The molecule has 4 aromatic rings.